The molecule has 5 rings (SSSR count). The lowest BCUT2D eigenvalue weighted by Gasteiger charge is -2.42. The molecule has 2 aliphatic rings. The molecule has 0 saturated carbocycles. The maximum atomic E-state index is 14.0. The zero-order valence-electron chi connectivity index (χ0n) is 19.8. The number of thioether (sulfide) groups is 1. The topological polar surface area (TPSA) is 70.1 Å². The third-order valence-electron chi connectivity index (χ3n) is 6.84. The molecule has 1 aliphatic heterocycles. The highest BCUT2D eigenvalue weighted by atomic mass is 32.2. The fourth-order valence-corrected chi connectivity index (χ4v) is 7.33. The number of para-hydroxylation sites is 1. The molecule has 0 bridgehead atoms. The number of anilines is 1. The molecule has 2 heterocycles. The Morgan fingerprint density at radius 3 is 2.57 bits per heavy atom. The van der Waals surface area contributed by atoms with E-state index in [0.29, 0.717) is 24.2 Å². The lowest BCUT2D eigenvalue weighted by Crippen LogP contribution is -2.40. The van der Waals surface area contributed by atoms with Crippen LogP contribution in [0.2, 0.25) is 0 Å². The van der Waals surface area contributed by atoms with Crippen LogP contribution in [0.25, 0.3) is 0 Å². The first-order valence-corrected chi connectivity index (χ1v) is 13.7. The highest BCUT2D eigenvalue weighted by molar-refractivity contribution is 8.01. The van der Waals surface area contributed by atoms with Gasteiger partial charge in [0, 0.05) is 17.7 Å². The minimum atomic E-state index is -0.431. The van der Waals surface area contributed by atoms with E-state index in [9.17, 15) is 10.1 Å². The Morgan fingerprint density at radius 1 is 1.11 bits per heavy atom. The number of nitrogens with two attached hydrogens (primary N) is 1. The summed E-state index contributed by atoms with van der Waals surface area (Å²) in [6.45, 7) is 4.15. The van der Waals surface area contributed by atoms with Crippen LogP contribution < -0.4 is 10.6 Å². The van der Waals surface area contributed by atoms with E-state index >= 15 is 0 Å². The Labute approximate surface area is 214 Å². The van der Waals surface area contributed by atoms with Crippen LogP contribution in [0.4, 0.5) is 5.69 Å². The molecule has 0 unspecified atom stereocenters. The summed E-state index contributed by atoms with van der Waals surface area (Å²) < 4.78 is 1.15. The van der Waals surface area contributed by atoms with Crippen molar-refractivity contribution in [1.29, 1.82) is 5.26 Å². The van der Waals surface area contributed by atoms with Crippen molar-refractivity contribution in [2.24, 2.45) is 5.73 Å². The average molecular weight is 498 g/mol. The molecular formula is C29H27N3OS2. The van der Waals surface area contributed by atoms with E-state index in [1.165, 1.54) is 0 Å². The Hall–Kier alpha value is -3.27. The van der Waals surface area contributed by atoms with Crippen LogP contribution in [0.3, 0.4) is 0 Å². The second-order valence-electron chi connectivity index (χ2n) is 8.86. The van der Waals surface area contributed by atoms with Gasteiger partial charge in [-0.2, -0.15) is 5.26 Å². The van der Waals surface area contributed by atoms with Gasteiger partial charge in [-0.25, -0.2) is 0 Å². The van der Waals surface area contributed by atoms with E-state index in [1.807, 2.05) is 59.7 Å². The van der Waals surface area contributed by atoms with Crippen molar-refractivity contribution in [3.63, 3.8) is 0 Å². The number of hydrogen-bond acceptors (Lipinski definition) is 6. The number of Topliss-reactive ketones (excluding diaryl/α,β-unsaturated/α-hetero) is 1. The highest BCUT2D eigenvalue weighted by Crippen LogP contribution is 2.51. The Kier molecular flexibility index (Phi) is 6.55. The van der Waals surface area contributed by atoms with E-state index in [4.69, 9.17) is 5.73 Å². The maximum absolute atomic E-state index is 14.0. The zero-order chi connectivity index (χ0) is 24.5. The molecule has 1 aliphatic carbocycles. The summed E-state index contributed by atoms with van der Waals surface area (Å²) in [5, 5.41) is 12.4. The number of hydrogen-bond donors (Lipinski definition) is 1. The van der Waals surface area contributed by atoms with Crippen LogP contribution in [0.1, 0.15) is 48.3 Å². The molecule has 176 valence electrons. The number of benzene rings is 2. The van der Waals surface area contributed by atoms with Gasteiger partial charge >= 0.3 is 0 Å². The summed E-state index contributed by atoms with van der Waals surface area (Å²) in [7, 11) is 0. The third-order valence-corrected chi connectivity index (χ3v) is 8.99. The lowest BCUT2D eigenvalue weighted by molar-refractivity contribution is -0.116. The van der Waals surface area contributed by atoms with Gasteiger partial charge in [-0.15, -0.1) is 23.1 Å². The molecule has 0 radical (unpaired) electrons. The summed E-state index contributed by atoms with van der Waals surface area (Å²) in [5.74, 6) is 1.08. The summed E-state index contributed by atoms with van der Waals surface area (Å²) in [6, 6.07) is 22.7. The van der Waals surface area contributed by atoms with Crippen molar-refractivity contribution in [3.05, 3.63) is 105 Å². The third kappa shape index (κ3) is 4.09. The predicted octanol–water partition coefficient (Wildman–Crippen LogP) is 6.87. The number of carbonyl (C=O) groups excluding carboxylic acids is 1. The minimum absolute atomic E-state index is 0.0676. The Balaban J connectivity index is 1.74. The van der Waals surface area contributed by atoms with Crippen molar-refractivity contribution in [3.8, 4) is 6.07 Å². The van der Waals surface area contributed by atoms with Crippen molar-refractivity contribution in [2.75, 3.05) is 10.7 Å². The smallest absolute Gasteiger partial charge is 0.162 e. The van der Waals surface area contributed by atoms with Crippen LogP contribution in [0.15, 0.2) is 92.9 Å². The summed E-state index contributed by atoms with van der Waals surface area (Å²) >= 11 is 3.41. The minimum Gasteiger partial charge on any atom is -0.384 e. The molecule has 2 N–H and O–H groups in total. The fourth-order valence-electron chi connectivity index (χ4n) is 5.26. The van der Waals surface area contributed by atoms with E-state index in [2.05, 4.69) is 31.2 Å². The lowest BCUT2D eigenvalue weighted by atomic mass is 9.72. The van der Waals surface area contributed by atoms with Crippen molar-refractivity contribution in [2.45, 2.75) is 42.7 Å². The predicted molar refractivity (Wildman–Crippen MR) is 144 cm³/mol. The van der Waals surface area contributed by atoms with Gasteiger partial charge in [-0.05, 0) is 59.2 Å². The second kappa shape index (κ2) is 9.77. The quantitative estimate of drug-likeness (QED) is 0.390. The van der Waals surface area contributed by atoms with Gasteiger partial charge < -0.3 is 5.73 Å². The number of nitrogens with zero attached hydrogens (tertiary/aromatic N) is 2. The first-order chi connectivity index (χ1) is 17.0. The number of allylic oxidation sites excluding steroid dienone is 3. The second-order valence-corrected chi connectivity index (χ2v) is 11.3. The van der Waals surface area contributed by atoms with Crippen LogP contribution >= 0.6 is 23.1 Å². The Morgan fingerprint density at radius 2 is 1.86 bits per heavy atom. The van der Waals surface area contributed by atoms with Crippen molar-refractivity contribution >= 4 is 34.6 Å². The molecular weight excluding hydrogens is 470 g/mol. The molecule has 6 heteroatoms. The summed E-state index contributed by atoms with van der Waals surface area (Å²) in [4.78, 5) is 15.9. The van der Waals surface area contributed by atoms with Crippen LogP contribution in [0.5, 0.6) is 0 Å². The zero-order valence-corrected chi connectivity index (χ0v) is 21.5. The molecule has 0 fully saturated rings. The van der Waals surface area contributed by atoms with E-state index in [0.717, 1.165) is 43.6 Å². The molecule has 1 aromatic heterocycles. The molecule has 2 aromatic carbocycles. The molecule has 2 atom stereocenters. The number of ketones is 1. The SMILES string of the molecule is CCSc1sccc1[C@@H]1C(C#N)=C(N)N(c2ccccc2C)C2=C1C(=O)C[C@@H](c1ccccc1)C2. The molecule has 35 heavy (non-hydrogen) atoms. The van der Waals surface area contributed by atoms with Crippen molar-refractivity contribution < 1.29 is 4.79 Å². The van der Waals surface area contributed by atoms with Gasteiger partial charge in [0.15, 0.2) is 5.78 Å². The molecule has 4 nitrogen and oxygen atoms in total. The van der Waals surface area contributed by atoms with Gasteiger partial charge in [0.2, 0.25) is 0 Å². The monoisotopic (exact) mass is 497 g/mol. The number of thiophene rings is 1. The number of carbonyl (C=O) groups is 1. The van der Waals surface area contributed by atoms with Gasteiger partial charge in [0.25, 0.3) is 0 Å². The first kappa shape index (κ1) is 23.5. The maximum Gasteiger partial charge on any atom is 0.162 e. The van der Waals surface area contributed by atoms with Gasteiger partial charge in [-0.3, -0.25) is 9.69 Å². The molecule has 3 aromatic rings. The van der Waals surface area contributed by atoms with Crippen LogP contribution in [-0.4, -0.2) is 11.5 Å². The number of aryl methyl sites for hydroxylation is 1. The first-order valence-electron chi connectivity index (χ1n) is 11.8. The largest absolute Gasteiger partial charge is 0.384 e. The number of rotatable bonds is 5. The van der Waals surface area contributed by atoms with Gasteiger partial charge in [0.1, 0.15) is 5.82 Å². The average Bonchev–Trinajstić information content (AvgIpc) is 3.32. The van der Waals surface area contributed by atoms with Gasteiger partial charge in [0.05, 0.1) is 27.5 Å². The normalized spacial score (nSPS) is 20.1. The van der Waals surface area contributed by atoms with Gasteiger partial charge in [-0.1, -0.05) is 55.5 Å². The highest BCUT2D eigenvalue weighted by Gasteiger charge is 2.43. The summed E-state index contributed by atoms with van der Waals surface area (Å²) in [6.07, 6.45) is 1.12. The standard InChI is InChI=1S/C29H27N3OS2/c1-3-34-29-21(13-14-35-29)26-22(17-30)28(31)32(23-12-8-7-9-18(23)2)24-15-20(16-25(33)27(24)26)19-10-5-4-6-11-19/h4-14,20,26H,3,15-16,31H2,1-2H3/t20-,26+/m0/s1. The molecule has 0 saturated heterocycles. The van der Waals surface area contributed by atoms with E-state index in [-0.39, 0.29) is 11.7 Å². The van der Waals surface area contributed by atoms with E-state index < -0.39 is 5.92 Å². The van der Waals surface area contributed by atoms with Crippen LogP contribution in [0, 0.1) is 18.3 Å². The summed E-state index contributed by atoms with van der Waals surface area (Å²) in [5.41, 5.74) is 13.1. The number of nitriles is 1. The molecule has 0 amide bonds. The van der Waals surface area contributed by atoms with E-state index in [1.54, 1.807) is 23.1 Å². The van der Waals surface area contributed by atoms with Crippen LogP contribution in [-0.2, 0) is 4.79 Å². The fraction of sp³-hybridized carbons (Fsp3) is 0.241. The molecule has 0 spiro atoms. The van der Waals surface area contributed by atoms with Crippen molar-refractivity contribution in [1.82, 2.24) is 0 Å². The Bertz CT molecular complexity index is 1380.